The normalized spacial score (nSPS) is 26.4. The highest BCUT2D eigenvalue weighted by Gasteiger charge is 2.35. The summed E-state index contributed by atoms with van der Waals surface area (Å²) < 4.78 is 11.8. The molecular formula is C31H41NO5S2. The summed E-state index contributed by atoms with van der Waals surface area (Å²) in [6.45, 7) is 15.2. The van der Waals surface area contributed by atoms with Crippen LogP contribution in [0.4, 0.5) is 0 Å². The monoisotopic (exact) mass is 571 g/mol. The van der Waals surface area contributed by atoms with Gasteiger partial charge in [0.25, 0.3) is 5.70 Å². The molecule has 1 aromatic carbocycles. The third-order valence-corrected chi connectivity index (χ3v) is 11.3. The van der Waals surface area contributed by atoms with Crippen LogP contribution in [0.5, 0.6) is 5.75 Å². The maximum atomic E-state index is 13.2. The average Bonchev–Trinajstić information content (AvgIpc) is 3.36. The van der Waals surface area contributed by atoms with Crippen LogP contribution < -0.4 is 4.74 Å². The molecule has 8 heteroatoms. The van der Waals surface area contributed by atoms with E-state index in [1.54, 1.807) is 13.8 Å². The van der Waals surface area contributed by atoms with Crippen molar-refractivity contribution in [3.63, 3.8) is 0 Å². The fourth-order valence-electron chi connectivity index (χ4n) is 5.97. The Kier molecular flexibility index (Phi) is 10.1. The quantitative estimate of drug-likeness (QED) is 0.147. The van der Waals surface area contributed by atoms with E-state index in [1.807, 2.05) is 19.1 Å². The van der Waals surface area contributed by atoms with Gasteiger partial charge in [0.2, 0.25) is 0 Å². The van der Waals surface area contributed by atoms with E-state index in [0.29, 0.717) is 9.99 Å². The van der Waals surface area contributed by atoms with Gasteiger partial charge in [-0.2, -0.15) is 0 Å². The minimum absolute atomic E-state index is 0.0288. The van der Waals surface area contributed by atoms with Crippen LogP contribution in [0.25, 0.3) is 4.85 Å². The topological polar surface area (TPSA) is 77.2 Å². The van der Waals surface area contributed by atoms with E-state index in [4.69, 9.17) is 16.0 Å². The van der Waals surface area contributed by atoms with Crippen molar-refractivity contribution in [3.05, 3.63) is 39.0 Å². The Balaban J connectivity index is 1.37. The van der Waals surface area contributed by atoms with E-state index >= 15 is 0 Å². The van der Waals surface area contributed by atoms with E-state index < -0.39 is 11.6 Å². The minimum atomic E-state index is -0.956. The third-order valence-electron chi connectivity index (χ3n) is 8.56. The van der Waals surface area contributed by atoms with Crippen LogP contribution >= 0.6 is 23.5 Å². The van der Waals surface area contributed by atoms with Crippen LogP contribution in [0.2, 0.25) is 0 Å². The van der Waals surface area contributed by atoms with Gasteiger partial charge in [-0.05, 0) is 88.7 Å². The number of rotatable bonds is 8. The predicted octanol–water partition coefficient (Wildman–Crippen LogP) is 7.91. The molecule has 0 radical (unpaired) electrons. The molecule has 1 heterocycles. The number of ether oxygens (including phenoxy) is 2. The Morgan fingerprint density at radius 1 is 1.03 bits per heavy atom. The number of hydrogen-bond donors (Lipinski definition) is 1. The molecule has 1 N–H and O–H groups in total. The number of esters is 2. The smallest absolute Gasteiger partial charge is 0.338 e. The van der Waals surface area contributed by atoms with Crippen LogP contribution in [0.15, 0.2) is 31.9 Å². The zero-order valence-electron chi connectivity index (χ0n) is 23.6. The van der Waals surface area contributed by atoms with Gasteiger partial charge in [-0.3, -0.25) is 9.59 Å². The van der Waals surface area contributed by atoms with Crippen molar-refractivity contribution in [2.45, 2.75) is 107 Å². The van der Waals surface area contributed by atoms with Crippen molar-refractivity contribution < 1.29 is 24.2 Å². The summed E-state index contributed by atoms with van der Waals surface area (Å²) in [5.41, 5.74) is -0.0440. The molecule has 2 saturated carbocycles. The summed E-state index contributed by atoms with van der Waals surface area (Å²) in [6, 6.07) is 3.74. The number of carbonyl (C=O) groups is 2. The van der Waals surface area contributed by atoms with Gasteiger partial charge in [-0.1, -0.05) is 55.8 Å². The van der Waals surface area contributed by atoms with Crippen molar-refractivity contribution in [2.24, 2.45) is 23.7 Å². The average molecular weight is 572 g/mol. The Morgan fingerprint density at radius 3 is 2.23 bits per heavy atom. The third kappa shape index (κ3) is 7.62. The van der Waals surface area contributed by atoms with Crippen molar-refractivity contribution in [1.82, 2.24) is 0 Å². The lowest BCUT2D eigenvalue weighted by molar-refractivity contribution is -0.141. The number of fused-ring (bicyclic) bond motifs is 1. The lowest BCUT2D eigenvalue weighted by Crippen LogP contribution is -2.30. The van der Waals surface area contributed by atoms with Crippen molar-refractivity contribution in [3.8, 4) is 5.75 Å². The summed E-state index contributed by atoms with van der Waals surface area (Å²) >= 11 is 2.63. The molecule has 2 aliphatic carbocycles. The fraction of sp³-hybridized carbons (Fsp3) is 0.645. The molecule has 0 amide bonds. The number of nitrogens with zero attached hydrogens (tertiary/aromatic N) is 1. The Bertz CT molecular complexity index is 1130. The summed E-state index contributed by atoms with van der Waals surface area (Å²) in [6.07, 6.45) is 11.0. The van der Waals surface area contributed by atoms with Crippen molar-refractivity contribution in [1.29, 1.82) is 0 Å². The van der Waals surface area contributed by atoms with E-state index in [0.717, 1.165) is 58.8 Å². The maximum absolute atomic E-state index is 13.2. The molecule has 1 aliphatic heterocycles. The number of hydrogen-bond acceptors (Lipinski definition) is 7. The molecule has 39 heavy (non-hydrogen) atoms. The van der Waals surface area contributed by atoms with Gasteiger partial charge in [0.15, 0.2) is 0 Å². The SMILES string of the molecule is [C-]#[N+]/C(C(=O)OCCC(C)(C)O)=C1\Sc2c(C)ccc(OC(=O)C3CCC(C4CCC(CC)CC4)CC3)c2S1. The number of aliphatic hydroxyl groups is 1. The van der Waals surface area contributed by atoms with Gasteiger partial charge in [0.05, 0.1) is 33.8 Å². The highest BCUT2D eigenvalue weighted by Crippen LogP contribution is 2.57. The zero-order valence-corrected chi connectivity index (χ0v) is 25.2. The second-order valence-corrected chi connectivity index (χ2v) is 14.2. The molecule has 0 atom stereocenters. The Morgan fingerprint density at radius 2 is 1.64 bits per heavy atom. The van der Waals surface area contributed by atoms with Gasteiger partial charge in [0.1, 0.15) is 5.75 Å². The van der Waals surface area contributed by atoms with Crippen LogP contribution in [0.1, 0.15) is 90.5 Å². The largest absolute Gasteiger partial charge is 0.470 e. The van der Waals surface area contributed by atoms with E-state index in [9.17, 15) is 14.7 Å². The van der Waals surface area contributed by atoms with Crippen LogP contribution in [-0.2, 0) is 14.3 Å². The Hall–Kier alpha value is -1.95. The first-order chi connectivity index (χ1) is 18.6. The lowest BCUT2D eigenvalue weighted by atomic mass is 9.69. The summed E-state index contributed by atoms with van der Waals surface area (Å²) in [5, 5.41) is 9.86. The fourth-order valence-corrected chi connectivity index (χ4v) is 8.60. The van der Waals surface area contributed by atoms with E-state index in [-0.39, 0.29) is 30.6 Å². The van der Waals surface area contributed by atoms with Gasteiger partial charge in [0, 0.05) is 11.3 Å². The first kappa shape index (κ1) is 30.0. The number of aryl methyl sites for hydroxylation is 1. The van der Waals surface area contributed by atoms with Crippen molar-refractivity contribution in [2.75, 3.05) is 6.61 Å². The molecule has 0 aromatic heterocycles. The molecule has 1 aromatic rings. The summed E-state index contributed by atoms with van der Waals surface area (Å²) in [5.74, 6) is 2.01. The van der Waals surface area contributed by atoms with E-state index in [2.05, 4.69) is 11.8 Å². The molecule has 0 spiro atoms. The zero-order chi connectivity index (χ0) is 28.2. The van der Waals surface area contributed by atoms with Gasteiger partial charge in [-0.15, -0.1) is 0 Å². The molecule has 4 rings (SSSR count). The van der Waals surface area contributed by atoms with Crippen LogP contribution in [0.3, 0.4) is 0 Å². The summed E-state index contributed by atoms with van der Waals surface area (Å²) in [4.78, 5) is 31.0. The second kappa shape index (κ2) is 13.1. The van der Waals surface area contributed by atoms with Crippen LogP contribution in [-0.4, -0.2) is 29.3 Å². The molecule has 0 saturated heterocycles. The minimum Gasteiger partial charge on any atom is -0.470 e. The number of benzene rings is 1. The maximum Gasteiger partial charge on any atom is 0.338 e. The highest BCUT2D eigenvalue weighted by molar-refractivity contribution is 8.24. The molecule has 6 nitrogen and oxygen atoms in total. The number of thioether (sulfide) groups is 2. The highest BCUT2D eigenvalue weighted by atomic mass is 32.2. The number of carbonyl (C=O) groups excluding carboxylic acids is 2. The molecule has 3 aliphatic rings. The molecular weight excluding hydrogens is 530 g/mol. The standard InChI is InChI=1S/C31H41NO5S2/c1-6-20-8-10-21(11-9-20)22-12-14-23(15-13-22)28(33)37-24-16-7-19(2)26-27(24)39-30(38-26)25(32-5)29(34)36-18-17-31(3,4)35/h7,16,20-23,35H,6,8-15,17-18H2,1-4H3/b30-25+. The predicted molar refractivity (Wildman–Crippen MR) is 155 cm³/mol. The van der Waals surface area contributed by atoms with Gasteiger partial charge in [-0.25, -0.2) is 4.85 Å². The van der Waals surface area contributed by atoms with E-state index in [1.165, 1.54) is 55.6 Å². The van der Waals surface area contributed by atoms with Crippen LogP contribution in [0, 0.1) is 37.2 Å². The van der Waals surface area contributed by atoms with Gasteiger partial charge < -0.3 is 14.6 Å². The first-order valence-electron chi connectivity index (χ1n) is 14.3. The van der Waals surface area contributed by atoms with Crippen molar-refractivity contribution >= 4 is 35.5 Å². The molecule has 212 valence electrons. The molecule has 0 bridgehead atoms. The summed E-state index contributed by atoms with van der Waals surface area (Å²) in [7, 11) is 0. The first-order valence-corrected chi connectivity index (χ1v) is 15.9. The molecule has 2 fully saturated rings. The lowest BCUT2D eigenvalue weighted by Gasteiger charge is -2.37. The second-order valence-electron chi connectivity index (χ2n) is 11.9. The van der Waals surface area contributed by atoms with Gasteiger partial charge >= 0.3 is 11.9 Å². The molecule has 0 unspecified atom stereocenters. The Labute approximate surface area is 241 Å².